The number of aryl methyl sites for hydroxylation is 2. The summed E-state index contributed by atoms with van der Waals surface area (Å²) < 4.78 is 1.94. The van der Waals surface area contributed by atoms with Crippen LogP contribution in [0.1, 0.15) is 52.4 Å². The summed E-state index contributed by atoms with van der Waals surface area (Å²) in [6, 6.07) is 5.71. The van der Waals surface area contributed by atoms with Gasteiger partial charge < -0.3 is 10.2 Å². The molecule has 1 saturated carbocycles. The van der Waals surface area contributed by atoms with Crippen LogP contribution < -0.4 is 5.32 Å². The first-order chi connectivity index (χ1) is 13.0. The molecule has 142 valence electrons. The molecule has 2 aliphatic rings. The highest BCUT2D eigenvalue weighted by molar-refractivity contribution is 5.95. The Hall–Kier alpha value is -2.70. The van der Waals surface area contributed by atoms with Crippen molar-refractivity contribution in [3.8, 4) is 0 Å². The van der Waals surface area contributed by atoms with Gasteiger partial charge in [0, 0.05) is 18.2 Å². The van der Waals surface area contributed by atoms with Crippen LogP contribution in [-0.4, -0.2) is 38.0 Å². The molecule has 0 saturated heterocycles. The highest BCUT2D eigenvalue weighted by atomic mass is 16.2. The van der Waals surface area contributed by atoms with Crippen LogP contribution in [0.4, 0.5) is 0 Å². The van der Waals surface area contributed by atoms with Crippen molar-refractivity contribution in [1.29, 1.82) is 0 Å². The maximum atomic E-state index is 12.9. The van der Waals surface area contributed by atoms with Crippen molar-refractivity contribution in [3.63, 3.8) is 0 Å². The lowest BCUT2D eigenvalue weighted by molar-refractivity contribution is -0.127. The Balaban J connectivity index is 1.41. The largest absolute Gasteiger partial charge is 0.350 e. The highest BCUT2D eigenvalue weighted by Crippen LogP contribution is 2.26. The molecule has 1 fully saturated rings. The summed E-state index contributed by atoms with van der Waals surface area (Å²) in [5, 5.41) is 7.55. The van der Waals surface area contributed by atoms with Crippen molar-refractivity contribution in [2.24, 2.45) is 5.92 Å². The molecule has 0 atom stereocenters. The average molecular weight is 367 g/mol. The molecule has 27 heavy (non-hydrogen) atoms. The van der Waals surface area contributed by atoms with E-state index in [9.17, 15) is 9.59 Å². The molecule has 1 aliphatic heterocycles. The second kappa shape index (κ2) is 7.13. The Bertz CT molecular complexity index is 884. The Labute approximate surface area is 158 Å². The van der Waals surface area contributed by atoms with E-state index in [1.165, 1.54) is 0 Å². The number of pyridine rings is 1. The van der Waals surface area contributed by atoms with Crippen molar-refractivity contribution in [2.45, 2.75) is 52.7 Å². The molecule has 0 radical (unpaired) electrons. The van der Waals surface area contributed by atoms with Gasteiger partial charge in [-0.15, -0.1) is 0 Å². The Morgan fingerprint density at radius 2 is 2.04 bits per heavy atom. The van der Waals surface area contributed by atoms with Gasteiger partial charge in [-0.3, -0.25) is 19.3 Å². The number of nitrogens with zero attached hydrogens (tertiary/aromatic N) is 4. The molecule has 0 spiro atoms. The number of rotatable bonds is 4. The number of fused-ring (bicyclic) bond motifs is 1. The molecule has 3 heterocycles. The number of hydrogen-bond acceptors (Lipinski definition) is 4. The van der Waals surface area contributed by atoms with E-state index in [2.05, 4.69) is 15.4 Å². The number of carbonyl (C=O) groups excluding carboxylic acids is 2. The van der Waals surface area contributed by atoms with E-state index in [1.807, 2.05) is 41.6 Å². The Morgan fingerprint density at radius 3 is 2.74 bits per heavy atom. The number of hydrogen-bond donors (Lipinski definition) is 1. The second-order valence-corrected chi connectivity index (χ2v) is 7.51. The van der Waals surface area contributed by atoms with E-state index in [4.69, 9.17) is 0 Å². The van der Waals surface area contributed by atoms with Gasteiger partial charge >= 0.3 is 0 Å². The smallest absolute Gasteiger partial charge is 0.256 e. The molecule has 1 aliphatic carbocycles. The van der Waals surface area contributed by atoms with Crippen molar-refractivity contribution in [1.82, 2.24) is 25.0 Å². The maximum Gasteiger partial charge on any atom is 0.256 e. The minimum absolute atomic E-state index is 0.00675. The number of carbonyl (C=O) groups is 2. The van der Waals surface area contributed by atoms with Gasteiger partial charge in [-0.05, 0) is 44.9 Å². The zero-order chi connectivity index (χ0) is 19.0. The summed E-state index contributed by atoms with van der Waals surface area (Å²) in [5.74, 6) is 0.320. The third-order valence-corrected chi connectivity index (χ3v) is 5.51. The van der Waals surface area contributed by atoms with Crippen LogP contribution >= 0.6 is 0 Å². The number of nitrogens with one attached hydrogen (secondary N) is 1. The van der Waals surface area contributed by atoms with Crippen molar-refractivity contribution in [2.75, 3.05) is 6.54 Å². The normalized spacial score (nSPS) is 16.6. The monoisotopic (exact) mass is 367 g/mol. The molecule has 7 nitrogen and oxygen atoms in total. The fourth-order valence-corrected chi connectivity index (χ4v) is 3.66. The standard InChI is InChI=1S/C20H25N5O2/c1-13-6-7-18(14(2)22-13)20(27)24-8-9-25-17(12-24)10-16(23-25)11-21-19(26)15-4-3-5-15/h6-7,10,15H,3-5,8-9,11-12H2,1-2H3,(H,21,26). The molecule has 1 N–H and O–H groups in total. The minimum atomic E-state index is 0.00675. The van der Waals surface area contributed by atoms with Crippen LogP contribution in [0.3, 0.4) is 0 Å². The van der Waals surface area contributed by atoms with E-state index < -0.39 is 0 Å². The molecule has 0 bridgehead atoms. The zero-order valence-corrected chi connectivity index (χ0v) is 15.9. The SMILES string of the molecule is Cc1ccc(C(=O)N2CCn3nc(CNC(=O)C4CCC4)cc3C2)c(C)n1. The van der Waals surface area contributed by atoms with Crippen molar-refractivity contribution in [3.05, 3.63) is 46.5 Å². The second-order valence-electron chi connectivity index (χ2n) is 7.51. The fourth-order valence-electron chi connectivity index (χ4n) is 3.66. The molecule has 2 aromatic rings. The summed E-state index contributed by atoms with van der Waals surface area (Å²) in [6.07, 6.45) is 3.14. The van der Waals surface area contributed by atoms with Gasteiger partial charge in [-0.25, -0.2) is 0 Å². The summed E-state index contributed by atoms with van der Waals surface area (Å²) in [4.78, 5) is 31.1. The summed E-state index contributed by atoms with van der Waals surface area (Å²) >= 11 is 0. The number of amides is 2. The summed E-state index contributed by atoms with van der Waals surface area (Å²) in [6.45, 7) is 6.05. The van der Waals surface area contributed by atoms with Gasteiger partial charge in [0.25, 0.3) is 5.91 Å². The lowest BCUT2D eigenvalue weighted by atomic mass is 9.85. The van der Waals surface area contributed by atoms with Crippen molar-refractivity contribution < 1.29 is 9.59 Å². The van der Waals surface area contributed by atoms with E-state index in [0.29, 0.717) is 31.7 Å². The lowest BCUT2D eigenvalue weighted by Gasteiger charge is -2.28. The topological polar surface area (TPSA) is 80.1 Å². The quantitative estimate of drug-likeness (QED) is 0.896. The molecule has 0 aromatic carbocycles. The van der Waals surface area contributed by atoms with Gasteiger partial charge in [0.05, 0.1) is 42.3 Å². The van der Waals surface area contributed by atoms with Crippen LogP contribution in [0.5, 0.6) is 0 Å². The molecular formula is C20H25N5O2. The van der Waals surface area contributed by atoms with Gasteiger partial charge in [0.1, 0.15) is 0 Å². The first-order valence-electron chi connectivity index (χ1n) is 9.58. The predicted octanol–water partition coefficient (Wildman–Crippen LogP) is 1.97. The minimum Gasteiger partial charge on any atom is -0.350 e. The van der Waals surface area contributed by atoms with Crippen LogP contribution in [0, 0.1) is 19.8 Å². The first kappa shape index (κ1) is 17.7. The van der Waals surface area contributed by atoms with Crippen molar-refractivity contribution >= 4 is 11.8 Å². The van der Waals surface area contributed by atoms with Gasteiger partial charge in [0.15, 0.2) is 0 Å². The molecule has 0 unspecified atom stereocenters. The molecule has 7 heteroatoms. The molecule has 2 amide bonds. The van der Waals surface area contributed by atoms with Crippen LogP contribution in [0.15, 0.2) is 18.2 Å². The van der Waals surface area contributed by atoms with E-state index in [1.54, 1.807) is 0 Å². The molecule has 4 rings (SSSR count). The highest BCUT2D eigenvalue weighted by Gasteiger charge is 2.26. The van der Waals surface area contributed by atoms with Crippen LogP contribution in [-0.2, 0) is 24.4 Å². The zero-order valence-electron chi connectivity index (χ0n) is 15.9. The van der Waals surface area contributed by atoms with E-state index in [-0.39, 0.29) is 17.7 Å². The fraction of sp³-hybridized carbons (Fsp3) is 0.500. The molecule has 2 aromatic heterocycles. The first-order valence-corrected chi connectivity index (χ1v) is 9.58. The predicted molar refractivity (Wildman–Crippen MR) is 99.9 cm³/mol. The number of aromatic nitrogens is 3. The third kappa shape index (κ3) is 3.59. The third-order valence-electron chi connectivity index (χ3n) is 5.51. The van der Waals surface area contributed by atoms with E-state index in [0.717, 1.165) is 42.0 Å². The average Bonchev–Trinajstić information content (AvgIpc) is 3.00. The van der Waals surface area contributed by atoms with Gasteiger partial charge in [0.2, 0.25) is 5.91 Å². The summed E-state index contributed by atoms with van der Waals surface area (Å²) in [5.41, 5.74) is 4.18. The Morgan fingerprint density at radius 1 is 1.22 bits per heavy atom. The Kier molecular flexibility index (Phi) is 4.68. The van der Waals surface area contributed by atoms with E-state index >= 15 is 0 Å². The van der Waals surface area contributed by atoms with Crippen LogP contribution in [0.25, 0.3) is 0 Å². The van der Waals surface area contributed by atoms with Gasteiger partial charge in [-0.1, -0.05) is 6.42 Å². The summed E-state index contributed by atoms with van der Waals surface area (Å²) in [7, 11) is 0. The molecular weight excluding hydrogens is 342 g/mol. The lowest BCUT2D eigenvalue weighted by Crippen LogP contribution is -2.38. The van der Waals surface area contributed by atoms with Gasteiger partial charge in [-0.2, -0.15) is 5.10 Å². The maximum absolute atomic E-state index is 12.9. The van der Waals surface area contributed by atoms with Crippen LogP contribution in [0.2, 0.25) is 0 Å².